The van der Waals surface area contributed by atoms with Gasteiger partial charge < -0.3 is 14.7 Å². The molecule has 1 saturated heterocycles. The van der Waals surface area contributed by atoms with E-state index in [-0.39, 0.29) is 30.4 Å². The van der Waals surface area contributed by atoms with Crippen molar-refractivity contribution in [3.63, 3.8) is 0 Å². The first-order valence-corrected chi connectivity index (χ1v) is 10.9. The van der Waals surface area contributed by atoms with Crippen LogP contribution in [0.15, 0.2) is 30.3 Å². The third-order valence-electron chi connectivity index (χ3n) is 6.33. The van der Waals surface area contributed by atoms with E-state index in [0.29, 0.717) is 19.3 Å². The fraction of sp³-hybridized carbons (Fsp3) is 0.609. The summed E-state index contributed by atoms with van der Waals surface area (Å²) in [6, 6.07) is 7.76. The van der Waals surface area contributed by atoms with Crippen molar-refractivity contribution in [3.8, 4) is 0 Å². The number of ether oxygens (including phenoxy) is 1. The van der Waals surface area contributed by atoms with Crippen molar-refractivity contribution >= 4 is 17.8 Å². The summed E-state index contributed by atoms with van der Waals surface area (Å²) in [4.78, 5) is 39.1. The van der Waals surface area contributed by atoms with E-state index in [0.717, 1.165) is 24.8 Å². The molecule has 1 aromatic carbocycles. The molecule has 1 amide bonds. The van der Waals surface area contributed by atoms with Gasteiger partial charge in [-0.15, -0.1) is 0 Å². The number of nitrogens with one attached hydrogen (secondary N) is 1. The highest BCUT2D eigenvalue weighted by atomic mass is 16.5. The van der Waals surface area contributed by atoms with Gasteiger partial charge in [-0.2, -0.15) is 0 Å². The van der Waals surface area contributed by atoms with Crippen LogP contribution < -0.4 is 5.32 Å². The van der Waals surface area contributed by atoms with E-state index in [1.165, 1.54) is 0 Å². The maximum Gasteiger partial charge on any atom is 0.326 e. The molecule has 0 bridgehead atoms. The maximum absolute atomic E-state index is 13.2. The van der Waals surface area contributed by atoms with E-state index >= 15 is 0 Å². The molecule has 30 heavy (non-hydrogen) atoms. The maximum atomic E-state index is 13.2. The summed E-state index contributed by atoms with van der Waals surface area (Å²) in [6.45, 7) is 3.72. The van der Waals surface area contributed by atoms with Crippen LogP contribution in [0.2, 0.25) is 0 Å². The minimum absolute atomic E-state index is 0.00629. The van der Waals surface area contributed by atoms with Crippen molar-refractivity contribution in [1.29, 1.82) is 0 Å². The molecule has 1 aliphatic heterocycles. The third-order valence-corrected chi connectivity index (χ3v) is 6.33. The zero-order valence-electron chi connectivity index (χ0n) is 17.8. The minimum Gasteiger partial charge on any atom is -0.480 e. The Morgan fingerprint density at radius 2 is 1.97 bits per heavy atom. The molecule has 164 valence electrons. The number of aryl methyl sites for hydroxylation is 1. The lowest BCUT2D eigenvalue weighted by Crippen LogP contribution is -2.55. The summed E-state index contributed by atoms with van der Waals surface area (Å²) < 4.78 is 5.21. The Bertz CT molecular complexity index is 753. The van der Waals surface area contributed by atoms with Crippen LogP contribution in [0.1, 0.15) is 51.5 Å². The van der Waals surface area contributed by atoms with Gasteiger partial charge in [0.1, 0.15) is 12.1 Å². The van der Waals surface area contributed by atoms with Crippen molar-refractivity contribution in [2.45, 2.75) is 76.5 Å². The van der Waals surface area contributed by atoms with E-state index < -0.39 is 24.1 Å². The first-order valence-electron chi connectivity index (χ1n) is 10.9. The molecule has 7 nitrogen and oxygen atoms in total. The molecule has 2 unspecified atom stereocenters. The smallest absolute Gasteiger partial charge is 0.326 e. The van der Waals surface area contributed by atoms with Gasteiger partial charge in [-0.1, -0.05) is 36.8 Å². The molecular formula is C23H32N2O5. The van der Waals surface area contributed by atoms with Crippen LogP contribution in [0.5, 0.6) is 0 Å². The van der Waals surface area contributed by atoms with Crippen LogP contribution in [-0.4, -0.2) is 58.6 Å². The predicted molar refractivity (Wildman–Crippen MR) is 112 cm³/mol. The number of aliphatic carboxylic acids is 1. The topological polar surface area (TPSA) is 95.9 Å². The van der Waals surface area contributed by atoms with Crippen LogP contribution in [-0.2, 0) is 25.5 Å². The zero-order chi connectivity index (χ0) is 21.7. The number of hydrogen-bond donors (Lipinski definition) is 2. The molecule has 0 radical (unpaired) electrons. The average molecular weight is 417 g/mol. The van der Waals surface area contributed by atoms with Crippen LogP contribution in [0, 0.1) is 5.92 Å². The largest absolute Gasteiger partial charge is 0.480 e. The number of fused-ring (bicyclic) bond motifs is 1. The molecule has 0 spiro atoms. The fourth-order valence-electron chi connectivity index (χ4n) is 4.89. The molecule has 7 heteroatoms. The van der Waals surface area contributed by atoms with E-state index in [1.807, 2.05) is 30.3 Å². The number of hydrogen-bond acceptors (Lipinski definition) is 5. The number of likely N-dealkylation sites (tertiary alicyclic amines) is 1. The standard InChI is InChI=1S/C23H32N2O5/c1-3-30-23(29)18(13-12-16-8-5-4-6-9-16)24-15(2)21(26)25-19-11-7-10-17(19)14-20(25)22(27)28/h4-6,8-9,15,17-20,24H,3,7,10-14H2,1-2H3,(H,27,28)/t15-,17?,18-,19+,20?/m0/s1. The molecular weight excluding hydrogens is 384 g/mol. The number of benzene rings is 1. The van der Waals surface area contributed by atoms with Gasteiger partial charge in [0.15, 0.2) is 0 Å². The number of carbonyl (C=O) groups is 3. The molecule has 1 heterocycles. The highest BCUT2D eigenvalue weighted by Gasteiger charge is 2.49. The Hall–Kier alpha value is -2.41. The van der Waals surface area contributed by atoms with Gasteiger partial charge in [-0.25, -0.2) is 4.79 Å². The quantitative estimate of drug-likeness (QED) is 0.600. The molecule has 3 rings (SSSR count). The average Bonchev–Trinajstić information content (AvgIpc) is 3.32. The summed E-state index contributed by atoms with van der Waals surface area (Å²) in [5, 5.41) is 12.8. The molecule has 1 saturated carbocycles. The summed E-state index contributed by atoms with van der Waals surface area (Å²) >= 11 is 0. The van der Waals surface area contributed by atoms with Crippen LogP contribution in [0.25, 0.3) is 0 Å². The highest BCUT2D eigenvalue weighted by Crippen LogP contribution is 2.41. The van der Waals surface area contributed by atoms with Gasteiger partial charge in [0.25, 0.3) is 0 Å². The van der Waals surface area contributed by atoms with Crippen molar-refractivity contribution < 1.29 is 24.2 Å². The molecule has 2 N–H and O–H groups in total. The van der Waals surface area contributed by atoms with Gasteiger partial charge >= 0.3 is 11.9 Å². The Labute approximate surface area is 177 Å². The number of nitrogens with zero attached hydrogens (tertiary/aromatic N) is 1. The zero-order valence-corrected chi connectivity index (χ0v) is 17.8. The number of esters is 1. The highest BCUT2D eigenvalue weighted by molar-refractivity contribution is 5.88. The van der Waals surface area contributed by atoms with Gasteiger partial charge in [-0.05, 0) is 57.4 Å². The molecule has 1 aliphatic carbocycles. The second kappa shape index (κ2) is 10.1. The monoisotopic (exact) mass is 416 g/mol. The van der Waals surface area contributed by atoms with E-state index in [2.05, 4.69) is 5.32 Å². The van der Waals surface area contributed by atoms with Crippen molar-refractivity contribution in [3.05, 3.63) is 35.9 Å². The third kappa shape index (κ3) is 5.01. The first kappa shape index (κ1) is 22.3. The Morgan fingerprint density at radius 1 is 1.23 bits per heavy atom. The Morgan fingerprint density at radius 3 is 2.63 bits per heavy atom. The lowest BCUT2D eigenvalue weighted by molar-refractivity contribution is -0.151. The summed E-state index contributed by atoms with van der Waals surface area (Å²) in [6.07, 6.45) is 4.54. The Balaban J connectivity index is 1.68. The number of amides is 1. The first-order chi connectivity index (χ1) is 14.4. The van der Waals surface area contributed by atoms with Gasteiger partial charge in [-0.3, -0.25) is 14.9 Å². The van der Waals surface area contributed by atoms with E-state index in [1.54, 1.807) is 18.7 Å². The van der Waals surface area contributed by atoms with Crippen molar-refractivity contribution in [2.24, 2.45) is 5.92 Å². The summed E-state index contributed by atoms with van der Waals surface area (Å²) in [5.41, 5.74) is 1.10. The molecule has 2 fully saturated rings. The lowest BCUT2D eigenvalue weighted by atomic mass is 10.0. The molecule has 0 aromatic heterocycles. The second-order valence-corrected chi connectivity index (χ2v) is 8.31. The van der Waals surface area contributed by atoms with Crippen molar-refractivity contribution in [2.75, 3.05) is 6.61 Å². The number of carboxylic acids is 1. The molecule has 1 aromatic rings. The van der Waals surface area contributed by atoms with Crippen LogP contribution in [0.4, 0.5) is 0 Å². The summed E-state index contributed by atoms with van der Waals surface area (Å²) in [5.74, 6) is -1.31. The van der Waals surface area contributed by atoms with Gasteiger partial charge in [0, 0.05) is 6.04 Å². The molecule has 2 aliphatic rings. The number of carboxylic acid groups (broad SMARTS) is 1. The molecule has 5 atom stereocenters. The second-order valence-electron chi connectivity index (χ2n) is 8.31. The van der Waals surface area contributed by atoms with Crippen LogP contribution in [0.3, 0.4) is 0 Å². The van der Waals surface area contributed by atoms with Gasteiger partial charge in [0.05, 0.1) is 12.6 Å². The minimum atomic E-state index is -0.948. The summed E-state index contributed by atoms with van der Waals surface area (Å²) in [7, 11) is 0. The normalized spacial score (nSPS) is 24.9. The van der Waals surface area contributed by atoms with Crippen LogP contribution >= 0.6 is 0 Å². The van der Waals surface area contributed by atoms with E-state index in [4.69, 9.17) is 4.74 Å². The predicted octanol–water partition coefficient (Wildman–Crippen LogP) is 2.38. The lowest BCUT2D eigenvalue weighted by Gasteiger charge is -2.31. The Kier molecular flexibility index (Phi) is 7.48. The fourth-order valence-corrected chi connectivity index (χ4v) is 4.89. The number of carbonyl (C=O) groups excluding carboxylic acids is 2. The number of rotatable bonds is 9. The van der Waals surface area contributed by atoms with Gasteiger partial charge in [0.2, 0.25) is 5.91 Å². The van der Waals surface area contributed by atoms with Crippen molar-refractivity contribution in [1.82, 2.24) is 10.2 Å². The van der Waals surface area contributed by atoms with E-state index in [9.17, 15) is 19.5 Å². The SMILES string of the molecule is CCOC(=O)[C@H](CCc1ccccc1)N[C@@H](C)C(=O)N1C(C(=O)O)CC2CCC[C@H]21.